The first-order valence-corrected chi connectivity index (χ1v) is 7.81. The molecule has 2 aliphatic rings. The van der Waals surface area contributed by atoms with Gasteiger partial charge < -0.3 is 15.2 Å². The normalized spacial score (nSPS) is 23.2. The van der Waals surface area contributed by atoms with Gasteiger partial charge in [-0.2, -0.15) is 0 Å². The summed E-state index contributed by atoms with van der Waals surface area (Å²) in [5.74, 6) is 0. The maximum absolute atomic E-state index is 9.26. The highest BCUT2D eigenvalue weighted by Crippen LogP contribution is 2.35. The molecule has 0 spiro atoms. The molecular formula is C15H30N2O2. The molecule has 1 aliphatic carbocycles. The van der Waals surface area contributed by atoms with E-state index in [1.54, 1.807) is 0 Å². The molecule has 19 heavy (non-hydrogen) atoms. The van der Waals surface area contributed by atoms with E-state index in [9.17, 15) is 5.11 Å². The number of rotatable bonds is 8. The van der Waals surface area contributed by atoms with Crippen LogP contribution in [0.3, 0.4) is 0 Å². The predicted molar refractivity (Wildman–Crippen MR) is 77.3 cm³/mol. The highest BCUT2D eigenvalue weighted by Gasteiger charge is 2.38. The molecule has 112 valence electrons. The lowest BCUT2D eigenvalue weighted by atomic mass is 9.79. The van der Waals surface area contributed by atoms with Crippen LogP contribution in [-0.4, -0.2) is 61.5 Å². The number of hydrogen-bond acceptors (Lipinski definition) is 4. The van der Waals surface area contributed by atoms with E-state index in [-0.39, 0.29) is 6.61 Å². The molecule has 0 amide bonds. The highest BCUT2D eigenvalue weighted by molar-refractivity contribution is 4.92. The first-order chi connectivity index (χ1) is 9.15. The smallest absolute Gasteiger partial charge is 0.0558 e. The number of aliphatic hydroxyl groups is 1. The molecule has 2 N–H and O–H groups in total. The zero-order valence-corrected chi connectivity index (χ0v) is 12.5. The van der Waals surface area contributed by atoms with Gasteiger partial charge in [-0.15, -0.1) is 0 Å². The maximum Gasteiger partial charge on any atom is 0.0558 e. The molecule has 2 rings (SSSR count). The van der Waals surface area contributed by atoms with Gasteiger partial charge in [-0.25, -0.2) is 0 Å². The lowest BCUT2D eigenvalue weighted by Crippen LogP contribution is -2.49. The van der Waals surface area contributed by atoms with Gasteiger partial charge in [0.25, 0.3) is 0 Å². The molecule has 0 unspecified atom stereocenters. The molecule has 0 aromatic carbocycles. The molecule has 1 heterocycles. The van der Waals surface area contributed by atoms with Crippen LogP contribution < -0.4 is 5.32 Å². The molecule has 4 heteroatoms. The Hall–Kier alpha value is -0.160. The standard InChI is InChI=1S/C15H30N2O2/c1-13(2)16-11-15(5-9-19-10-6-15)12-17(7-8-18)14-3-4-14/h13-14,16,18H,3-12H2,1-2H3. The lowest BCUT2D eigenvalue weighted by Gasteiger charge is -2.42. The zero-order chi connectivity index (χ0) is 13.7. The Morgan fingerprint density at radius 2 is 2.00 bits per heavy atom. The zero-order valence-electron chi connectivity index (χ0n) is 12.5. The second-order valence-corrected chi connectivity index (χ2v) is 6.57. The van der Waals surface area contributed by atoms with Crippen molar-refractivity contribution in [3.05, 3.63) is 0 Å². The van der Waals surface area contributed by atoms with E-state index in [1.807, 2.05) is 0 Å². The van der Waals surface area contributed by atoms with Crippen LogP contribution in [0, 0.1) is 5.41 Å². The Kier molecular flexibility index (Phi) is 5.63. The Balaban J connectivity index is 1.94. The third-order valence-corrected chi connectivity index (χ3v) is 4.43. The minimum absolute atomic E-state index is 0.278. The first kappa shape index (κ1) is 15.2. The molecular weight excluding hydrogens is 240 g/mol. The topological polar surface area (TPSA) is 44.7 Å². The number of hydrogen-bond donors (Lipinski definition) is 2. The van der Waals surface area contributed by atoms with Crippen molar-refractivity contribution in [3.8, 4) is 0 Å². The third-order valence-electron chi connectivity index (χ3n) is 4.43. The van der Waals surface area contributed by atoms with Crippen molar-refractivity contribution in [2.75, 3.05) is 39.5 Å². The predicted octanol–water partition coefficient (Wildman–Crippen LogP) is 1.24. The Bertz CT molecular complexity index is 261. The van der Waals surface area contributed by atoms with Gasteiger partial charge in [-0.05, 0) is 31.1 Å². The van der Waals surface area contributed by atoms with Crippen molar-refractivity contribution in [3.63, 3.8) is 0 Å². The molecule has 1 aliphatic heterocycles. The fourth-order valence-electron chi connectivity index (χ4n) is 3.01. The maximum atomic E-state index is 9.26. The van der Waals surface area contributed by atoms with E-state index < -0.39 is 0 Å². The molecule has 4 nitrogen and oxygen atoms in total. The van der Waals surface area contributed by atoms with Crippen molar-refractivity contribution in [1.82, 2.24) is 10.2 Å². The Morgan fingerprint density at radius 3 is 2.53 bits per heavy atom. The van der Waals surface area contributed by atoms with Gasteiger partial charge in [0.15, 0.2) is 0 Å². The van der Waals surface area contributed by atoms with Crippen LogP contribution in [0.1, 0.15) is 39.5 Å². The van der Waals surface area contributed by atoms with Gasteiger partial charge in [0.2, 0.25) is 0 Å². The van der Waals surface area contributed by atoms with Crippen molar-refractivity contribution in [1.29, 1.82) is 0 Å². The third kappa shape index (κ3) is 4.71. The summed E-state index contributed by atoms with van der Waals surface area (Å²) < 4.78 is 5.55. The average molecular weight is 270 g/mol. The van der Waals surface area contributed by atoms with Crippen LogP contribution in [0.4, 0.5) is 0 Å². The van der Waals surface area contributed by atoms with E-state index in [2.05, 4.69) is 24.1 Å². The van der Waals surface area contributed by atoms with Crippen LogP contribution in [0.2, 0.25) is 0 Å². The van der Waals surface area contributed by atoms with E-state index in [1.165, 1.54) is 12.8 Å². The first-order valence-electron chi connectivity index (χ1n) is 7.81. The van der Waals surface area contributed by atoms with Crippen molar-refractivity contribution < 1.29 is 9.84 Å². The van der Waals surface area contributed by atoms with Gasteiger partial charge in [-0.1, -0.05) is 13.8 Å². The molecule has 0 radical (unpaired) electrons. The van der Waals surface area contributed by atoms with Crippen LogP contribution in [0.15, 0.2) is 0 Å². The summed E-state index contributed by atoms with van der Waals surface area (Å²) in [5, 5.41) is 12.9. The van der Waals surface area contributed by atoms with Crippen LogP contribution in [0.25, 0.3) is 0 Å². The van der Waals surface area contributed by atoms with Gasteiger partial charge in [-0.3, -0.25) is 4.90 Å². The summed E-state index contributed by atoms with van der Waals surface area (Å²) in [7, 11) is 0. The largest absolute Gasteiger partial charge is 0.395 e. The van der Waals surface area contributed by atoms with Gasteiger partial charge >= 0.3 is 0 Å². The Labute approximate surface area is 117 Å². The van der Waals surface area contributed by atoms with Crippen molar-refractivity contribution >= 4 is 0 Å². The van der Waals surface area contributed by atoms with E-state index >= 15 is 0 Å². The molecule has 2 fully saturated rings. The summed E-state index contributed by atoms with van der Waals surface area (Å²) in [6.07, 6.45) is 4.90. The second kappa shape index (κ2) is 7.02. The lowest BCUT2D eigenvalue weighted by molar-refractivity contribution is -0.00888. The van der Waals surface area contributed by atoms with Crippen LogP contribution >= 0.6 is 0 Å². The molecule has 0 atom stereocenters. The van der Waals surface area contributed by atoms with Gasteiger partial charge in [0.1, 0.15) is 0 Å². The second-order valence-electron chi connectivity index (χ2n) is 6.57. The minimum atomic E-state index is 0.278. The summed E-state index contributed by atoms with van der Waals surface area (Å²) in [5.41, 5.74) is 0.334. The average Bonchev–Trinajstić information content (AvgIpc) is 3.22. The Morgan fingerprint density at radius 1 is 1.32 bits per heavy atom. The monoisotopic (exact) mass is 270 g/mol. The molecule has 0 aromatic heterocycles. The van der Waals surface area contributed by atoms with E-state index in [0.29, 0.717) is 11.5 Å². The molecule has 0 aromatic rings. The molecule has 1 saturated heterocycles. The fraction of sp³-hybridized carbons (Fsp3) is 1.00. The van der Waals surface area contributed by atoms with Gasteiger partial charge in [0.05, 0.1) is 6.61 Å². The van der Waals surface area contributed by atoms with Crippen molar-refractivity contribution in [2.24, 2.45) is 5.41 Å². The quantitative estimate of drug-likeness (QED) is 0.696. The fourth-order valence-corrected chi connectivity index (χ4v) is 3.01. The van der Waals surface area contributed by atoms with Crippen LogP contribution in [0.5, 0.6) is 0 Å². The molecule has 1 saturated carbocycles. The number of aliphatic hydroxyl groups excluding tert-OH is 1. The number of nitrogens with one attached hydrogen (secondary N) is 1. The molecule has 0 bridgehead atoms. The minimum Gasteiger partial charge on any atom is -0.395 e. The summed E-state index contributed by atoms with van der Waals surface area (Å²) in [4.78, 5) is 2.51. The number of ether oxygens (including phenoxy) is 1. The SMILES string of the molecule is CC(C)NCC1(CN(CCO)C2CC2)CCOCC1. The number of nitrogens with zero attached hydrogens (tertiary/aromatic N) is 1. The summed E-state index contributed by atoms with van der Waals surface area (Å²) in [6, 6.07) is 1.26. The highest BCUT2D eigenvalue weighted by atomic mass is 16.5. The van der Waals surface area contributed by atoms with Crippen molar-refractivity contribution in [2.45, 2.75) is 51.6 Å². The van der Waals surface area contributed by atoms with Gasteiger partial charge in [0, 0.05) is 44.9 Å². The summed E-state index contributed by atoms with van der Waals surface area (Å²) >= 11 is 0. The van der Waals surface area contributed by atoms with E-state index in [4.69, 9.17) is 4.74 Å². The van der Waals surface area contributed by atoms with E-state index in [0.717, 1.165) is 51.7 Å². The summed E-state index contributed by atoms with van der Waals surface area (Å²) in [6.45, 7) is 9.48. The van der Waals surface area contributed by atoms with Crippen LogP contribution in [-0.2, 0) is 4.74 Å².